The van der Waals surface area contributed by atoms with Gasteiger partial charge in [0.15, 0.2) is 0 Å². The normalized spacial score (nSPS) is 36.4. The Hall–Kier alpha value is -0.790. The highest BCUT2D eigenvalue weighted by Gasteiger charge is 2.47. The van der Waals surface area contributed by atoms with Crippen LogP contribution in [0.1, 0.15) is 40.5 Å². The molecule has 1 saturated carbocycles. The lowest BCUT2D eigenvalue weighted by Gasteiger charge is -2.38. The molecule has 0 aromatic heterocycles. The van der Waals surface area contributed by atoms with Crippen molar-refractivity contribution in [2.45, 2.75) is 40.5 Å². The van der Waals surface area contributed by atoms with Gasteiger partial charge in [0.25, 0.3) is 0 Å². The summed E-state index contributed by atoms with van der Waals surface area (Å²) in [7, 11) is 0. The van der Waals surface area contributed by atoms with Crippen molar-refractivity contribution in [3.63, 3.8) is 0 Å². The SMILES string of the molecule is CC1CCC(C)(C=CC(=O)O)C1(C)C. The van der Waals surface area contributed by atoms with Gasteiger partial charge in [-0.2, -0.15) is 0 Å². The Bertz CT molecular complexity index is 265. The predicted molar refractivity (Wildman–Crippen MR) is 57.1 cm³/mol. The standard InChI is InChI=1S/C12H20O2/c1-9-5-7-12(4,11(9,2)3)8-6-10(13)14/h6,8-9H,5,7H2,1-4H3,(H,13,14). The monoisotopic (exact) mass is 196 g/mol. The van der Waals surface area contributed by atoms with E-state index < -0.39 is 5.97 Å². The Morgan fingerprint density at radius 1 is 1.43 bits per heavy atom. The van der Waals surface area contributed by atoms with Crippen molar-refractivity contribution in [3.8, 4) is 0 Å². The summed E-state index contributed by atoms with van der Waals surface area (Å²) in [5, 5.41) is 8.64. The van der Waals surface area contributed by atoms with Gasteiger partial charge in [-0.15, -0.1) is 0 Å². The first-order chi connectivity index (χ1) is 6.29. The van der Waals surface area contributed by atoms with Crippen molar-refractivity contribution >= 4 is 5.97 Å². The van der Waals surface area contributed by atoms with Crippen molar-refractivity contribution in [3.05, 3.63) is 12.2 Å². The number of hydrogen-bond acceptors (Lipinski definition) is 1. The third-order valence-electron chi connectivity index (χ3n) is 4.39. The fourth-order valence-corrected chi connectivity index (χ4v) is 2.32. The van der Waals surface area contributed by atoms with Crippen molar-refractivity contribution in [1.29, 1.82) is 0 Å². The van der Waals surface area contributed by atoms with Crippen LogP contribution in [0.15, 0.2) is 12.2 Å². The van der Waals surface area contributed by atoms with Crippen LogP contribution in [0.2, 0.25) is 0 Å². The van der Waals surface area contributed by atoms with Crippen LogP contribution >= 0.6 is 0 Å². The summed E-state index contributed by atoms with van der Waals surface area (Å²) < 4.78 is 0. The summed E-state index contributed by atoms with van der Waals surface area (Å²) in [6.07, 6.45) is 5.44. The van der Waals surface area contributed by atoms with E-state index >= 15 is 0 Å². The average Bonchev–Trinajstić information content (AvgIpc) is 2.27. The van der Waals surface area contributed by atoms with E-state index in [1.165, 1.54) is 12.5 Å². The Kier molecular flexibility index (Phi) is 2.75. The molecule has 1 rings (SSSR count). The van der Waals surface area contributed by atoms with Gasteiger partial charge in [-0.3, -0.25) is 0 Å². The Morgan fingerprint density at radius 3 is 2.36 bits per heavy atom. The van der Waals surface area contributed by atoms with E-state index in [-0.39, 0.29) is 10.8 Å². The largest absolute Gasteiger partial charge is 0.478 e. The zero-order valence-corrected chi connectivity index (χ0v) is 9.50. The van der Waals surface area contributed by atoms with Crippen LogP contribution in [0.5, 0.6) is 0 Å². The Balaban J connectivity index is 2.90. The molecule has 0 saturated heterocycles. The van der Waals surface area contributed by atoms with Gasteiger partial charge in [0.05, 0.1) is 0 Å². The van der Waals surface area contributed by atoms with E-state index in [2.05, 4.69) is 27.7 Å². The molecule has 2 nitrogen and oxygen atoms in total. The lowest BCUT2D eigenvalue weighted by Crippen LogP contribution is -2.31. The van der Waals surface area contributed by atoms with Crippen LogP contribution in [-0.4, -0.2) is 11.1 Å². The molecule has 0 bridgehead atoms. The van der Waals surface area contributed by atoms with E-state index in [0.29, 0.717) is 5.92 Å². The van der Waals surface area contributed by atoms with E-state index in [1.54, 1.807) is 0 Å². The average molecular weight is 196 g/mol. The number of rotatable bonds is 2. The summed E-state index contributed by atoms with van der Waals surface area (Å²) in [6.45, 7) is 8.88. The smallest absolute Gasteiger partial charge is 0.327 e. The van der Waals surface area contributed by atoms with E-state index in [9.17, 15) is 4.79 Å². The molecule has 80 valence electrons. The van der Waals surface area contributed by atoms with Crippen molar-refractivity contribution < 1.29 is 9.90 Å². The van der Waals surface area contributed by atoms with Crippen LogP contribution in [0.3, 0.4) is 0 Å². The summed E-state index contributed by atoms with van der Waals surface area (Å²) in [5.41, 5.74) is 0.226. The molecule has 2 unspecified atom stereocenters. The minimum absolute atomic E-state index is 0.0325. The maximum Gasteiger partial charge on any atom is 0.327 e. The topological polar surface area (TPSA) is 37.3 Å². The number of carbonyl (C=O) groups is 1. The van der Waals surface area contributed by atoms with Crippen LogP contribution in [0.4, 0.5) is 0 Å². The molecule has 1 aliphatic rings. The quantitative estimate of drug-likeness (QED) is 0.689. The van der Waals surface area contributed by atoms with Gasteiger partial charge in [0.1, 0.15) is 0 Å². The van der Waals surface area contributed by atoms with Gasteiger partial charge >= 0.3 is 5.97 Å². The molecular weight excluding hydrogens is 176 g/mol. The maximum absolute atomic E-state index is 10.5. The second kappa shape index (κ2) is 3.41. The molecule has 2 heteroatoms. The minimum atomic E-state index is -0.846. The molecule has 1 aliphatic carbocycles. The summed E-state index contributed by atoms with van der Waals surface area (Å²) in [6, 6.07) is 0. The maximum atomic E-state index is 10.5. The lowest BCUT2D eigenvalue weighted by atomic mass is 9.66. The molecule has 0 aromatic carbocycles. The molecule has 0 spiro atoms. The van der Waals surface area contributed by atoms with Gasteiger partial charge in [-0.05, 0) is 29.6 Å². The molecule has 1 N–H and O–H groups in total. The fourth-order valence-electron chi connectivity index (χ4n) is 2.32. The predicted octanol–water partition coefficient (Wildman–Crippen LogP) is 3.09. The Morgan fingerprint density at radius 2 is 2.00 bits per heavy atom. The van der Waals surface area contributed by atoms with Crippen LogP contribution in [0, 0.1) is 16.7 Å². The highest BCUT2D eigenvalue weighted by Crippen LogP contribution is 2.56. The van der Waals surface area contributed by atoms with Crippen LogP contribution in [-0.2, 0) is 4.79 Å². The third-order valence-corrected chi connectivity index (χ3v) is 4.39. The van der Waals surface area contributed by atoms with Gasteiger partial charge in [-0.25, -0.2) is 4.79 Å². The zero-order valence-electron chi connectivity index (χ0n) is 9.50. The molecule has 1 fully saturated rings. The summed E-state index contributed by atoms with van der Waals surface area (Å²) in [5.74, 6) is -0.187. The fraction of sp³-hybridized carbons (Fsp3) is 0.750. The van der Waals surface area contributed by atoms with Crippen molar-refractivity contribution in [1.82, 2.24) is 0 Å². The van der Waals surface area contributed by atoms with Gasteiger partial charge in [0, 0.05) is 6.08 Å². The first-order valence-corrected chi connectivity index (χ1v) is 5.22. The first-order valence-electron chi connectivity index (χ1n) is 5.22. The summed E-state index contributed by atoms with van der Waals surface area (Å²) in [4.78, 5) is 10.5. The van der Waals surface area contributed by atoms with Crippen molar-refractivity contribution in [2.75, 3.05) is 0 Å². The molecule has 14 heavy (non-hydrogen) atoms. The number of aliphatic carboxylic acids is 1. The van der Waals surface area contributed by atoms with Crippen LogP contribution < -0.4 is 0 Å². The molecule has 0 aliphatic heterocycles. The van der Waals surface area contributed by atoms with E-state index in [0.717, 1.165) is 6.42 Å². The van der Waals surface area contributed by atoms with Crippen molar-refractivity contribution in [2.24, 2.45) is 16.7 Å². The first kappa shape index (κ1) is 11.3. The third kappa shape index (κ3) is 1.70. The summed E-state index contributed by atoms with van der Waals surface area (Å²) >= 11 is 0. The number of carboxylic acid groups (broad SMARTS) is 1. The van der Waals surface area contributed by atoms with Gasteiger partial charge < -0.3 is 5.11 Å². The van der Waals surface area contributed by atoms with Gasteiger partial charge in [-0.1, -0.05) is 33.8 Å². The van der Waals surface area contributed by atoms with E-state index in [4.69, 9.17) is 5.11 Å². The number of allylic oxidation sites excluding steroid dienone is 1. The second-order valence-electron chi connectivity index (χ2n) is 5.25. The second-order valence-corrected chi connectivity index (χ2v) is 5.25. The lowest BCUT2D eigenvalue weighted by molar-refractivity contribution is -0.131. The van der Waals surface area contributed by atoms with E-state index in [1.807, 2.05) is 6.08 Å². The number of hydrogen-bond donors (Lipinski definition) is 1. The van der Waals surface area contributed by atoms with Gasteiger partial charge in [0.2, 0.25) is 0 Å². The zero-order chi connectivity index (χ0) is 11.0. The molecule has 0 heterocycles. The molecule has 0 aromatic rings. The molecule has 0 radical (unpaired) electrons. The minimum Gasteiger partial charge on any atom is -0.478 e. The van der Waals surface area contributed by atoms with Crippen LogP contribution in [0.25, 0.3) is 0 Å². The molecular formula is C12H20O2. The number of carboxylic acids is 1. The molecule has 2 atom stereocenters. The molecule has 0 amide bonds. The highest BCUT2D eigenvalue weighted by molar-refractivity contribution is 5.79. The Labute approximate surface area is 86.0 Å². The highest BCUT2D eigenvalue weighted by atomic mass is 16.4.